The van der Waals surface area contributed by atoms with Gasteiger partial charge in [0.15, 0.2) is 0 Å². The molecule has 1 aliphatic carbocycles. The fraction of sp³-hybridized carbons (Fsp3) is 0.297. The number of hydrogen-bond acceptors (Lipinski definition) is 4. The normalized spacial score (nSPS) is 14.3. The molecule has 4 aromatic rings. The van der Waals surface area contributed by atoms with Gasteiger partial charge >= 0.3 is 0 Å². The number of nitrogens with one attached hydrogen (secondary N) is 1. The lowest BCUT2D eigenvalue weighted by molar-refractivity contribution is -0.140. The maximum absolute atomic E-state index is 14.7. The highest BCUT2D eigenvalue weighted by Gasteiger charge is 2.36. The third-order valence-electron chi connectivity index (χ3n) is 8.61. The molecule has 0 bridgehead atoms. The van der Waals surface area contributed by atoms with Crippen LogP contribution in [0.4, 0.5) is 5.69 Å². The topological polar surface area (TPSA) is 86.8 Å². The molecule has 5 rings (SSSR count). The first-order valence-corrected chi connectivity index (χ1v) is 18.5. The molecule has 1 aliphatic rings. The van der Waals surface area contributed by atoms with Crippen LogP contribution in [-0.4, -0.2) is 43.8 Å². The minimum absolute atomic E-state index is 0.0308. The first-order valence-electron chi connectivity index (χ1n) is 15.8. The number of amides is 2. The van der Waals surface area contributed by atoms with Crippen molar-refractivity contribution < 1.29 is 18.0 Å². The zero-order chi connectivity index (χ0) is 33.4. The highest BCUT2D eigenvalue weighted by atomic mass is 79.9. The summed E-state index contributed by atoms with van der Waals surface area (Å²) in [6.07, 6.45) is 5.28. The number of carbonyl (C=O) groups excluding carboxylic acids is 2. The van der Waals surface area contributed by atoms with Crippen molar-refractivity contribution in [3.05, 3.63) is 129 Å². The highest BCUT2D eigenvalue weighted by Crippen LogP contribution is 2.31. The molecule has 0 aliphatic heterocycles. The molecule has 0 radical (unpaired) electrons. The zero-order valence-corrected chi connectivity index (χ0v) is 29.5. The van der Waals surface area contributed by atoms with E-state index in [1.807, 2.05) is 54.6 Å². The molecule has 1 N–H and O–H groups in total. The molecular weight excluding hydrogens is 698 g/mol. The second-order valence-electron chi connectivity index (χ2n) is 11.9. The molecule has 0 saturated heterocycles. The molecule has 10 heteroatoms. The number of benzene rings is 4. The summed E-state index contributed by atoms with van der Waals surface area (Å²) in [5, 5.41) is 3.62. The van der Waals surface area contributed by atoms with Gasteiger partial charge in [-0.1, -0.05) is 114 Å². The number of rotatable bonds is 12. The fourth-order valence-electron chi connectivity index (χ4n) is 5.98. The third kappa shape index (κ3) is 8.83. The predicted octanol–water partition coefficient (Wildman–Crippen LogP) is 7.70. The maximum Gasteiger partial charge on any atom is 0.264 e. The highest BCUT2D eigenvalue weighted by molar-refractivity contribution is 9.10. The monoisotopic (exact) mass is 735 g/mol. The van der Waals surface area contributed by atoms with Crippen LogP contribution in [0.5, 0.6) is 0 Å². The molecule has 47 heavy (non-hydrogen) atoms. The minimum atomic E-state index is -4.21. The summed E-state index contributed by atoms with van der Waals surface area (Å²) >= 11 is 9.95. The quantitative estimate of drug-likeness (QED) is 0.162. The van der Waals surface area contributed by atoms with Crippen LogP contribution in [0.2, 0.25) is 5.02 Å². The summed E-state index contributed by atoms with van der Waals surface area (Å²) in [4.78, 5) is 30.5. The number of carbonyl (C=O) groups is 2. The Bertz CT molecular complexity index is 1770. The molecule has 4 aromatic carbocycles. The first-order chi connectivity index (χ1) is 22.6. The smallest absolute Gasteiger partial charge is 0.264 e. The molecule has 246 valence electrons. The van der Waals surface area contributed by atoms with E-state index in [4.69, 9.17) is 11.6 Å². The van der Waals surface area contributed by atoms with Gasteiger partial charge in [-0.15, -0.1) is 0 Å². The predicted molar refractivity (Wildman–Crippen MR) is 191 cm³/mol. The van der Waals surface area contributed by atoms with Crippen LogP contribution in [0.15, 0.2) is 112 Å². The van der Waals surface area contributed by atoms with E-state index in [1.165, 1.54) is 17.0 Å². The van der Waals surface area contributed by atoms with Crippen LogP contribution in [0.25, 0.3) is 0 Å². The SMILES string of the molecule is Cc1c(Cl)cccc1N(CC(=O)N(Cc1ccc(Br)cc1)[C@H](Cc1ccccc1)C(=O)NC1CCCCC1)S(=O)(=O)c1ccccc1. The Hall–Kier alpha value is -3.66. The first kappa shape index (κ1) is 34.7. The maximum atomic E-state index is 14.7. The molecule has 1 fully saturated rings. The Balaban J connectivity index is 1.58. The van der Waals surface area contributed by atoms with Gasteiger partial charge in [0.2, 0.25) is 11.8 Å². The summed E-state index contributed by atoms with van der Waals surface area (Å²) in [6, 6.07) is 29.3. The Kier molecular flexibility index (Phi) is 11.8. The van der Waals surface area contributed by atoms with Crippen LogP contribution >= 0.6 is 27.5 Å². The average molecular weight is 737 g/mol. The Labute approximate surface area is 291 Å². The van der Waals surface area contributed by atoms with Crippen molar-refractivity contribution in [2.45, 2.75) is 69.0 Å². The van der Waals surface area contributed by atoms with Crippen molar-refractivity contribution in [1.82, 2.24) is 10.2 Å². The second-order valence-corrected chi connectivity index (χ2v) is 15.1. The van der Waals surface area contributed by atoms with E-state index < -0.39 is 28.5 Å². The van der Waals surface area contributed by atoms with Crippen LogP contribution in [-0.2, 0) is 32.6 Å². The molecule has 1 atom stereocenters. The van der Waals surface area contributed by atoms with Gasteiger partial charge in [-0.3, -0.25) is 13.9 Å². The summed E-state index contributed by atoms with van der Waals surface area (Å²) in [7, 11) is -4.21. The van der Waals surface area contributed by atoms with Crippen molar-refractivity contribution in [1.29, 1.82) is 0 Å². The van der Waals surface area contributed by atoms with E-state index in [0.717, 1.165) is 52.0 Å². The molecule has 7 nitrogen and oxygen atoms in total. The summed E-state index contributed by atoms with van der Waals surface area (Å²) in [5.74, 6) is -0.755. The average Bonchev–Trinajstić information content (AvgIpc) is 3.08. The third-order valence-corrected chi connectivity index (χ3v) is 11.3. The lowest BCUT2D eigenvalue weighted by atomic mass is 9.94. The molecule has 0 heterocycles. The molecule has 2 amide bonds. The van der Waals surface area contributed by atoms with E-state index in [0.29, 0.717) is 16.3 Å². The minimum Gasteiger partial charge on any atom is -0.352 e. The van der Waals surface area contributed by atoms with Crippen molar-refractivity contribution >= 4 is 55.1 Å². The van der Waals surface area contributed by atoms with Gasteiger partial charge in [0.05, 0.1) is 10.6 Å². The molecule has 0 aromatic heterocycles. The number of halogens is 2. The van der Waals surface area contributed by atoms with Gasteiger partial charge in [-0.25, -0.2) is 8.42 Å². The summed E-state index contributed by atoms with van der Waals surface area (Å²) in [5.41, 5.74) is 2.52. The van der Waals surface area contributed by atoms with Crippen LogP contribution in [0.1, 0.15) is 48.8 Å². The van der Waals surface area contributed by atoms with E-state index in [9.17, 15) is 18.0 Å². The summed E-state index contributed by atoms with van der Waals surface area (Å²) < 4.78 is 30.5. The van der Waals surface area contributed by atoms with Crippen molar-refractivity contribution in [2.75, 3.05) is 10.8 Å². The van der Waals surface area contributed by atoms with Gasteiger partial charge < -0.3 is 10.2 Å². The molecule has 0 spiro atoms. The van der Waals surface area contributed by atoms with Crippen molar-refractivity contribution in [3.8, 4) is 0 Å². The number of anilines is 1. The fourth-order valence-corrected chi connectivity index (χ4v) is 7.91. The van der Waals surface area contributed by atoms with Crippen LogP contribution < -0.4 is 9.62 Å². The zero-order valence-electron chi connectivity index (χ0n) is 26.3. The van der Waals surface area contributed by atoms with E-state index in [1.54, 1.807) is 43.3 Å². The Morgan fingerprint density at radius 1 is 0.851 bits per heavy atom. The van der Waals surface area contributed by atoms with Crippen LogP contribution in [0.3, 0.4) is 0 Å². The van der Waals surface area contributed by atoms with Crippen LogP contribution in [0, 0.1) is 6.92 Å². The molecule has 0 unspecified atom stereocenters. The Morgan fingerprint density at radius 2 is 1.49 bits per heavy atom. The second kappa shape index (κ2) is 16.0. The molecule has 1 saturated carbocycles. The van der Waals surface area contributed by atoms with E-state index in [-0.39, 0.29) is 29.8 Å². The molecular formula is C37H39BrClN3O4S. The lowest BCUT2D eigenvalue weighted by Crippen LogP contribution is -2.55. The van der Waals surface area contributed by atoms with Gasteiger partial charge in [0.1, 0.15) is 12.6 Å². The van der Waals surface area contributed by atoms with Gasteiger partial charge in [-0.05, 0) is 72.9 Å². The standard InChI is InChI=1S/C37H39BrClN3O4S/c1-27-33(39)18-11-19-34(27)42(47(45,46)32-16-9-4-10-17-32)26-36(43)41(25-29-20-22-30(38)23-21-29)35(24-28-12-5-2-6-13-28)37(44)40-31-14-7-3-8-15-31/h2,4-6,9-13,16-23,31,35H,3,7-8,14-15,24-26H2,1H3,(H,40,44)/t35-/m1/s1. The number of hydrogen-bond donors (Lipinski definition) is 1. The number of nitrogens with zero attached hydrogens (tertiary/aromatic N) is 2. The van der Waals surface area contributed by atoms with Crippen molar-refractivity contribution in [3.63, 3.8) is 0 Å². The van der Waals surface area contributed by atoms with Gasteiger partial charge in [-0.2, -0.15) is 0 Å². The van der Waals surface area contributed by atoms with Gasteiger partial charge in [0, 0.05) is 28.5 Å². The summed E-state index contributed by atoms with van der Waals surface area (Å²) in [6.45, 7) is 1.30. The lowest BCUT2D eigenvalue weighted by Gasteiger charge is -2.35. The van der Waals surface area contributed by atoms with Gasteiger partial charge in [0.25, 0.3) is 10.0 Å². The largest absolute Gasteiger partial charge is 0.352 e. The van der Waals surface area contributed by atoms with E-state index in [2.05, 4.69) is 21.2 Å². The number of sulfonamides is 1. The van der Waals surface area contributed by atoms with E-state index >= 15 is 0 Å². The Morgan fingerprint density at radius 3 is 2.15 bits per heavy atom. The van der Waals surface area contributed by atoms with Crippen molar-refractivity contribution in [2.24, 2.45) is 0 Å².